The molecule has 170 valence electrons. The van der Waals surface area contributed by atoms with Gasteiger partial charge in [0.2, 0.25) is 5.91 Å². The van der Waals surface area contributed by atoms with E-state index in [1.54, 1.807) is 27.7 Å². The lowest BCUT2D eigenvalue weighted by Crippen LogP contribution is -2.55. The number of halogens is 1. The van der Waals surface area contributed by atoms with Crippen molar-refractivity contribution in [1.82, 2.24) is 10.6 Å². The normalized spacial score (nSPS) is 13.6. The SMILES string of the molecule is C[C@H](NC(=O)OC(C)(C)C)C(=O)N[C@H](C(=O)OCC#CI)[C@@H](C)OCc1ccccc1. The van der Waals surface area contributed by atoms with Crippen molar-refractivity contribution >= 4 is 40.6 Å². The molecule has 0 saturated carbocycles. The summed E-state index contributed by atoms with van der Waals surface area (Å²) >= 11 is 1.83. The van der Waals surface area contributed by atoms with Gasteiger partial charge in [-0.25, -0.2) is 9.59 Å². The molecule has 0 fully saturated rings. The highest BCUT2D eigenvalue weighted by Gasteiger charge is 2.31. The Hall–Kier alpha value is -2.32. The highest BCUT2D eigenvalue weighted by molar-refractivity contribution is 14.1. The smallest absolute Gasteiger partial charge is 0.408 e. The number of benzene rings is 1. The first kappa shape index (κ1) is 26.7. The monoisotopic (exact) mass is 544 g/mol. The third-order valence-corrected chi connectivity index (χ3v) is 4.24. The second-order valence-corrected chi connectivity index (χ2v) is 8.27. The molecule has 0 radical (unpaired) electrons. The highest BCUT2D eigenvalue weighted by Crippen LogP contribution is 2.09. The van der Waals surface area contributed by atoms with Crippen molar-refractivity contribution in [3.63, 3.8) is 0 Å². The molecule has 9 heteroatoms. The Labute approximate surface area is 196 Å². The maximum atomic E-state index is 12.6. The van der Waals surface area contributed by atoms with Gasteiger partial charge in [0.25, 0.3) is 0 Å². The molecule has 31 heavy (non-hydrogen) atoms. The predicted molar refractivity (Wildman–Crippen MR) is 124 cm³/mol. The average molecular weight is 544 g/mol. The first-order chi connectivity index (χ1) is 14.5. The molecule has 3 atom stereocenters. The molecule has 0 aliphatic carbocycles. The lowest BCUT2D eigenvalue weighted by atomic mass is 10.1. The zero-order chi connectivity index (χ0) is 23.4. The summed E-state index contributed by atoms with van der Waals surface area (Å²) < 4.78 is 18.7. The molecule has 1 aromatic carbocycles. The average Bonchev–Trinajstić information content (AvgIpc) is 2.69. The van der Waals surface area contributed by atoms with E-state index in [9.17, 15) is 14.4 Å². The molecule has 0 heterocycles. The Morgan fingerprint density at radius 2 is 1.74 bits per heavy atom. The van der Waals surface area contributed by atoms with Crippen LogP contribution in [0.1, 0.15) is 40.2 Å². The van der Waals surface area contributed by atoms with Crippen LogP contribution in [0.4, 0.5) is 4.79 Å². The number of alkyl carbamates (subject to hydrolysis) is 1. The predicted octanol–water partition coefficient (Wildman–Crippen LogP) is 2.93. The highest BCUT2D eigenvalue weighted by atomic mass is 127. The van der Waals surface area contributed by atoms with Crippen LogP contribution >= 0.6 is 22.6 Å². The molecule has 8 nitrogen and oxygen atoms in total. The van der Waals surface area contributed by atoms with Gasteiger partial charge in [-0.15, -0.1) is 0 Å². The van der Waals surface area contributed by atoms with Crippen LogP contribution in [-0.4, -0.2) is 48.4 Å². The molecule has 2 amide bonds. The van der Waals surface area contributed by atoms with E-state index in [2.05, 4.69) is 20.5 Å². The van der Waals surface area contributed by atoms with E-state index in [-0.39, 0.29) is 13.2 Å². The molecular formula is C22H29IN2O6. The summed E-state index contributed by atoms with van der Waals surface area (Å²) in [5, 5.41) is 5.03. The molecule has 1 aromatic rings. The fourth-order valence-electron chi connectivity index (χ4n) is 2.32. The second kappa shape index (κ2) is 13.2. The van der Waals surface area contributed by atoms with E-state index < -0.39 is 41.8 Å². The summed E-state index contributed by atoms with van der Waals surface area (Å²) in [6.07, 6.45) is -1.43. The van der Waals surface area contributed by atoms with Crippen LogP contribution in [-0.2, 0) is 30.4 Å². The molecule has 0 aromatic heterocycles. The van der Waals surface area contributed by atoms with E-state index in [1.165, 1.54) is 6.92 Å². The molecule has 0 bridgehead atoms. The first-order valence-electron chi connectivity index (χ1n) is 9.74. The lowest BCUT2D eigenvalue weighted by Gasteiger charge is -2.26. The van der Waals surface area contributed by atoms with Crippen LogP contribution < -0.4 is 10.6 Å². The van der Waals surface area contributed by atoms with Crippen molar-refractivity contribution in [3.8, 4) is 9.85 Å². The van der Waals surface area contributed by atoms with Crippen LogP contribution in [0.5, 0.6) is 0 Å². The summed E-state index contributed by atoms with van der Waals surface area (Å²) in [5.41, 5.74) is 0.218. The summed E-state index contributed by atoms with van der Waals surface area (Å²) in [7, 11) is 0. The van der Waals surface area contributed by atoms with E-state index in [0.717, 1.165) is 5.56 Å². The van der Waals surface area contributed by atoms with Gasteiger partial charge in [0.05, 0.1) is 12.7 Å². The maximum Gasteiger partial charge on any atom is 0.408 e. The van der Waals surface area contributed by atoms with Crippen LogP contribution in [0, 0.1) is 9.85 Å². The van der Waals surface area contributed by atoms with Crippen molar-refractivity contribution in [2.45, 2.75) is 65.0 Å². The third kappa shape index (κ3) is 11.0. The summed E-state index contributed by atoms with van der Waals surface area (Å²) in [5.74, 6) is 1.36. The molecule has 0 aliphatic heterocycles. The van der Waals surface area contributed by atoms with Crippen molar-refractivity contribution in [2.24, 2.45) is 0 Å². The van der Waals surface area contributed by atoms with Gasteiger partial charge in [0, 0.05) is 22.6 Å². The van der Waals surface area contributed by atoms with Gasteiger partial charge in [-0.2, -0.15) is 0 Å². The van der Waals surface area contributed by atoms with E-state index in [0.29, 0.717) is 0 Å². The number of rotatable bonds is 9. The van der Waals surface area contributed by atoms with E-state index >= 15 is 0 Å². The number of nitrogens with one attached hydrogen (secondary N) is 2. The molecule has 0 spiro atoms. The number of esters is 1. The molecule has 0 aliphatic rings. The second-order valence-electron chi connectivity index (χ2n) is 7.73. The molecule has 0 unspecified atom stereocenters. The minimum Gasteiger partial charge on any atom is -0.451 e. The van der Waals surface area contributed by atoms with Gasteiger partial charge < -0.3 is 24.8 Å². The zero-order valence-corrected chi connectivity index (χ0v) is 20.5. The first-order valence-corrected chi connectivity index (χ1v) is 10.8. The molecule has 0 saturated heterocycles. The Kier molecular flexibility index (Phi) is 11.3. The van der Waals surface area contributed by atoms with Gasteiger partial charge in [-0.1, -0.05) is 36.3 Å². The van der Waals surface area contributed by atoms with Crippen LogP contribution in [0.2, 0.25) is 0 Å². The van der Waals surface area contributed by atoms with Crippen LogP contribution in [0.3, 0.4) is 0 Å². The van der Waals surface area contributed by atoms with Crippen molar-refractivity contribution < 1.29 is 28.6 Å². The Morgan fingerprint density at radius 1 is 1.10 bits per heavy atom. The third-order valence-electron chi connectivity index (χ3n) is 3.86. The van der Waals surface area contributed by atoms with Crippen LogP contribution in [0.25, 0.3) is 0 Å². The molecule has 1 rings (SSSR count). The topological polar surface area (TPSA) is 103 Å². The summed E-state index contributed by atoms with van der Waals surface area (Å²) in [6.45, 7) is 8.44. The van der Waals surface area contributed by atoms with Gasteiger partial charge in [-0.05, 0) is 44.1 Å². The Morgan fingerprint density at radius 3 is 2.32 bits per heavy atom. The Balaban J connectivity index is 2.79. The maximum absolute atomic E-state index is 12.6. The van der Waals surface area contributed by atoms with E-state index in [4.69, 9.17) is 14.2 Å². The summed E-state index contributed by atoms with van der Waals surface area (Å²) in [4.78, 5) is 37.0. The number of carbonyl (C=O) groups is 3. The van der Waals surface area contributed by atoms with Gasteiger partial charge in [0.15, 0.2) is 12.6 Å². The summed E-state index contributed by atoms with van der Waals surface area (Å²) in [6, 6.07) is 7.40. The van der Waals surface area contributed by atoms with Crippen molar-refractivity contribution in [3.05, 3.63) is 35.9 Å². The Bertz CT molecular complexity index is 798. The number of amides is 2. The fraction of sp³-hybridized carbons (Fsp3) is 0.500. The number of carbonyl (C=O) groups excluding carboxylic acids is 3. The number of hydrogen-bond acceptors (Lipinski definition) is 6. The van der Waals surface area contributed by atoms with Gasteiger partial charge >= 0.3 is 12.1 Å². The quantitative estimate of drug-likeness (QED) is 0.282. The van der Waals surface area contributed by atoms with Crippen LogP contribution in [0.15, 0.2) is 30.3 Å². The number of ether oxygens (including phenoxy) is 3. The molecule has 2 N–H and O–H groups in total. The minimum atomic E-state index is -1.09. The van der Waals surface area contributed by atoms with Gasteiger partial charge in [-0.3, -0.25) is 4.79 Å². The van der Waals surface area contributed by atoms with E-state index in [1.807, 2.05) is 52.9 Å². The fourth-order valence-corrected chi connectivity index (χ4v) is 2.47. The lowest BCUT2D eigenvalue weighted by molar-refractivity contribution is -0.151. The standard InChI is InChI=1S/C22H29IN2O6/c1-15(24-21(28)31-22(3,4)5)19(26)25-18(20(27)29-13-9-12-23)16(2)30-14-17-10-7-6-8-11-17/h6-8,10-11,15-16,18H,13-14H2,1-5H3,(H,24,28)(H,25,26)/t15-,16+,18-/m0/s1. The van der Waals surface area contributed by atoms with Gasteiger partial charge in [0.1, 0.15) is 11.6 Å². The minimum absolute atomic E-state index is 0.106. The zero-order valence-electron chi connectivity index (χ0n) is 18.4. The molecular weight excluding hydrogens is 515 g/mol. The largest absolute Gasteiger partial charge is 0.451 e. The number of hydrogen-bond donors (Lipinski definition) is 2. The van der Waals surface area contributed by atoms with Crippen molar-refractivity contribution in [2.75, 3.05) is 6.61 Å². The van der Waals surface area contributed by atoms with Crippen molar-refractivity contribution in [1.29, 1.82) is 0 Å².